The van der Waals surface area contributed by atoms with Crippen LogP contribution in [0.15, 0.2) is 46.2 Å². The van der Waals surface area contributed by atoms with Gasteiger partial charge in [-0.1, -0.05) is 6.42 Å². The number of piperidine rings is 1. The zero-order valence-corrected chi connectivity index (χ0v) is 17.9. The number of nitrogens with zero attached hydrogens (tertiary/aromatic N) is 1. The lowest BCUT2D eigenvalue weighted by atomic mass is 10.0. The molecule has 1 atom stereocenters. The predicted molar refractivity (Wildman–Crippen MR) is 111 cm³/mol. The van der Waals surface area contributed by atoms with Crippen LogP contribution in [0.4, 0.5) is 8.78 Å². The highest BCUT2D eigenvalue weighted by Crippen LogP contribution is 2.36. The highest BCUT2D eigenvalue weighted by Gasteiger charge is 2.30. The average Bonchev–Trinajstić information content (AvgIpc) is 2.75. The number of nitrogens with one attached hydrogen (secondary N) is 1. The van der Waals surface area contributed by atoms with Gasteiger partial charge in [-0.15, -0.1) is 11.8 Å². The number of sulfonamides is 1. The van der Waals surface area contributed by atoms with Gasteiger partial charge in [0.25, 0.3) is 5.91 Å². The number of thioether (sulfide) groups is 1. The number of fused-ring (bicyclic) bond motifs is 1. The minimum Gasteiger partial charge on any atom is -0.345 e. The third-order valence-electron chi connectivity index (χ3n) is 5.44. The Bertz CT molecular complexity index is 1070. The first-order valence-corrected chi connectivity index (χ1v) is 12.3. The molecular formula is C21H22F2N2O3S2. The summed E-state index contributed by atoms with van der Waals surface area (Å²) in [5, 5.41) is 2.85. The van der Waals surface area contributed by atoms with Crippen LogP contribution in [0.3, 0.4) is 0 Å². The molecule has 1 unspecified atom stereocenters. The van der Waals surface area contributed by atoms with Crippen molar-refractivity contribution in [2.45, 2.75) is 41.5 Å². The molecule has 0 aliphatic carbocycles. The third kappa shape index (κ3) is 4.24. The molecule has 1 saturated heterocycles. The maximum absolute atomic E-state index is 14.4. The molecule has 0 saturated carbocycles. The average molecular weight is 453 g/mol. The van der Waals surface area contributed by atoms with Crippen molar-refractivity contribution in [3.8, 4) is 0 Å². The Morgan fingerprint density at radius 2 is 1.83 bits per heavy atom. The molecule has 0 aromatic heterocycles. The summed E-state index contributed by atoms with van der Waals surface area (Å²) in [6.45, 7) is 0.695. The highest BCUT2D eigenvalue weighted by molar-refractivity contribution is 7.99. The van der Waals surface area contributed by atoms with Crippen molar-refractivity contribution >= 4 is 27.7 Å². The molecule has 2 aromatic carbocycles. The van der Waals surface area contributed by atoms with Gasteiger partial charge in [-0.25, -0.2) is 17.2 Å². The van der Waals surface area contributed by atoms with E-state index in [1.54, 1.807) is 17.8 Å². The van der Waals surface area contributed by atoms with Crippen LogP contribution in [0, 0.1) is 11.6 Å². The van der Waals surface area contributed by atoms with Crippen molar-refractivity contribution in [1.82, 2.24) is 9.62 Å². The molecule has 0 spiro atoms. The Balaban J connectivity index is 1.59. The Hall–Kier alpha value is -1.97. The third-order valence-corrected chi connectivity index (χ3v) is 8.48. The second kappa shape index (κ2) is 8.64. The lowest BCUT2D eigenvalue weighted by Gasteiger charge is -2.27. The molecule has 2 aliphatic heterocycles. The van der Waals surface area contributed by atoms with E-state index in [1.807, 2.05) is 0 Å². The first-order valence-electron chi connectivity index (χ1n) is 9.89. The van der Waals surface area contributed by atoms with E-state index >= 15 is 0 Å². The Labute approximate surface area is 178 Å². The van der Waals surface area contributed by atoms with E-state index in [2.05, 4.69) is 5.32 Å². The van der Waals surface area contributed by atoms with Crippen molar-refractivity contribution in [2.24, 2.45) is 0 Å². The van der Waals surface area contributed by atoms with E-state index in [1.165, 1.54) is 22.5 Å². The number of rotatable bonds is 4. The molecule has 30 heavy (non-hydrogen) atoms. The molecule has 9 heteroatoms. The zero-order chi connectivity index (χ0) is 21.3. The molecule has 2 aliphatic rings. The molecule has 4 rings (SSSR count). The summed E-state index contributed by atoms with van der Waals surface area (Å²) in [6.07, 6.45) is 3.03. The number of hydrogen-bond donors (Lipinski definition) is 1. The molecule has 160 valence electrons. The standard InChI is InChI=1S/C21H22F2N2O3S2/c22-15-5-7-19-16(13-15)18(8-11-29-19)24-21(26)14-4-6-17(23)20(12-14)30(27,28)25-9-2-1-3-10-25/h4-7,12-13,18H,1-3,8-11H2,(H,24,26). The molecule has 1 N–H and O–H groups in total. The van der Waals surface area contributed by atoms with Gasteiger partial charge in [0.1, 0.15) is 16.5 Å². The molecule has 2 aromatic rings. The fourth-order valence-electron chi connectivity index (χ4n) is 3.84. The van der Waals surface area contributed by atoms with Gasteiger partial charge >= 0.3 is 0 Å². The quantitative estimate of drug-likeness (QED) is 0.758. The van der Waals surface area contributed by atoms with Gasteiger partial charge in [-0.05, 0) is 61.2 Å². The maximum Gasteiger partial charge on any atom is 0.251 e. The van der Waals surface area contributed by atoms with Crippen LogP contribution in [0.2, 0.25) is 0 Å². The topological polar surface area (TPSA) is 66.5 Å². The fourth-order valence-corrected chi connectivity index (χ4v) is 6.56. The van der Waals surface area contributed by atoms with Crippen molar-refractivity contribution < 1.29 is 22.0 Å². The Morgan fingerprint density at radius 1 is 1.07 bits per heavy atom. The number of carbonyl (C=O) groups excluding carboxylic acids is 1. The van der Waals surface area contributed by atoms with Crippen LogP contribution in [-0.4, -0.2) is 37.5 Å². The van der Waals surface area contributed by atoms with E-state index in [9.17, 15) is 22.0 Å². The summed E-state index contributed by atoms with van der Waals surface area (Å²) in [6, 6.07) is 7.46. The summed E-state index contributed by atoms with van der Waals surface area (Å²) >= 11 is 1.60. The predicted octanol–water partition coefficient (Wildman–Crippen LogP) is 4.11. The van der Waals surface area contributed by atoms with Crippen molar-refractivity contribution in [2.75, 3.05) is 18.8 Å². The molecule has 5 nitrogen and oxygen atoms in total. The highest BCUT2D eigenvalue weighted by atomic mass is 32.2. The molecule has 0 radical (unpaired) electrons. The van der Waals surface area contributed by atoms with Gasteiger partial charge in [-0.2, -0.15) is 4.31 Å². The van der Waals surface area contributed by atoms with Gasteiger partial charge in [0.15, 0.2) is 0 Å². The number of hydrogen-bond acceptors (Lipinski definition) is 4. The molecule has 0 bridgehead atoms. The van der Waals surface area contributed by atoms with E-state index in [0.29, 0.717) is 25.1 Å². The Morgan fingerprint density at radius 3 is 2.60 bits per heavy atom. The number of carbonyl (C=O) groups is 1. The SMILES string of the molecule is O=C(NC1CCSc2ccc(F)cc21)c1ccc(F)c(S(=O)(=O)N2CCCCC2)c1. The van der Waals surface area contributed by atoms with Gasteiger partial charge in [-0.3, -0.25) is 4.79 Å². The smallest absolute Gasteiger partial charge is 0.251 e. The molecule has 1 fully saturated rings. The van der Waals surface area contributed by atoms with E-state index in [-0.39, 0.29) is 11.4 Å². The number of amides is 1. The van der Waals surface area contributed by atoms with Crippen LogP contribution >= 0.6 is 11.8 Å². The fraction of sp³-hybridized carbons (Fsp3) is 0.381. The van der Waals surface area contributed by atoms with E-state index in [0.717, 1.165) is 42.0 Å². The van der Waals surface area contributed by atoms with Gasteiger partial charge in [0, 0.05) is 29.3 Å². The summed E-state index contributed by atoms with van der Waals surface area (Å²) in [5.41, 5.74) is 0.756. The second-order valence-electron chi connectivity index (χ2n) is 7.46. The van der Waals surface area contributed by atoms with E-state index in [4.69, 9.17) is 0 Å². The minimum absolute atomic E-state index is 0.0585. The van der Waals surface area contributed by atoms with Crippen LogP contribution < -0.4 is 5.32 Å². The molecular weight excluding hydrogens is 430 g/mol. The van der Waals surface area contributed by atoms with Gasteiger partial charge in [0.2, 0.25) is 10.0 Å². The molecule has 1 amide bonds. The van der Waals surface area contributed by atoms with Crippen molar-refractivity contribution in [3.63, 3.8) is 0 Å². The summed E-state index contributed by atoms with van der Waals surface area (Å²) < 4.78 is 55.1. The lowest BCUT2D eigenvalue weighted by molar-refractivity contribution is 0.0934. The first-order chi connectivity index (χ1) is 14.4. The largest absolute Gasteiger partial charge is 0.345 e. The summed E-state index contributed by atoms with van der Waals surface area (Å²) in [4.78, 5) is 13.3. The monoisotopic (exact) mass is 452 g/mol. The van der Waals surface area contributed by atoms with E-state index < -0.39 is 32.7 Å². The van der Waals surface area contributed by atoms with Crippen molar-refractivity contribution in [3.05, 3.63) is 59.2 Å². The first kappa shape index (κ1) is 21.3. The second-order valence-corrected chi connectivity index (χ2v) is 10.5. The van der Waals surface area contributed by atoms with Crippen LogP contribution in [0.1, 0.15) is 47.6 Å². The van der Waals surface area contributed by atoms with Crippen LogP contribution in [0.25, 0.3) is 0 Å². The van der Waals surface area contributed by atoms with Crippen LogP contribution in [0.5, 0.6) is 0 Å². The zero-order valence-electron chi connectivity index (χ0n) is 16.2. The number of halogens is 2. The van der Waals surface area contributed by atoms with Crippen LogP contribution in [-0.2, 0) is 10.0 Å². The maximum atomic E-state index is 14.4. The number of benzene rings is 2. The van der Waals surface area contributed by atoms with Crippen molar-refractivity contribution in [1.29, 1.82) is 0 Å². The normalized spacial score (nSPS) is 19.9. The summed E-state index contributed by atoms with van der Waals surface area (Å²) in [7, 11) is -4.01. The molecule has 2 heterocycles. The van der Waals surface area contributed by atoms with Gasteiger partial charge < -0.3 is 5.32 Å². The van der Waals surface area contributed by atoms with Gasteiger partial charge in [0.05, 0.1) is 6.04 Å². The lowest BCUT2D eigenvalue weighted by Crippen LogP contribution is -2.36. The summed E-state index contributed by atoms with van der Waals surface area (Å²) in [5.74, 6) is -1.01. The Kier molecular flexibility index (Phi) is 6.13. The minimum atomic E-state index is -4.01.